The molecule has 0 heterocycles. The third-order valence-electron chi connectivity index (χ3n) is 5.37. The highest BCUT2D eigenvalue weighted by Gasteiger charge is 2.29. The van der Waals surface area contributed by atoms with Gasteiger partial charge in [-0.2, -0.15) is 0 Å². The minimum absolute atomic E-state index is 0.135. The summed E-state index contributed by atoms with van der Waals surface area (Å²) >= 11 is 0. The van der Waals surface area contributed by atoms with Gasteiger partial charge in [-0.25, -0.2) is 9.18 Å². The van der Waals surface area contributed by atoms with Crippen molar-refractivity contribution < 1.29 is 28.9 Å². The molecule has 1 aromatic carbocycles. The summed E-state index contributed by atoms with van der Waals surface area (Å²) in [5.41, 5.74) is -0.0284. The molecule has 33 heavy (non-hydrogen) atoms. The molecule has 0 aromatic heterocycles. The summed E-state index contributed by atoms with van der Waals surface area (Å²) in [4.78, 5) is 20.9. The van der Waals surface area contributed by atoms with Crippen LogP contribution >= 0.6 is 0 Å². The number of carbonyl (C=O) groups excluding carboxylic acids is 1. The Kier molecular flexibility index (Phi) is 11.3. The van der Waals surface area contributed by atoms with Crippen LogP contribution in [0.5, 0.6) is 0 Å². The van der Waals surface area contributed by atoms with Crippen LogP contribution < -0.4 is 10.6 Å². The maximum atomic E-state index is 13.3. The lowest BCUT2D eigenvalue weighted by Gasteiger charge is -2.36. The van der Waals surface area contributed by atoms with Gasteiger partial charge in [-0.05, 0) is 90.3 Å². The van der Waals surface area contributed by atoms with Gasteiger partial charge in [0.2, 0.25) is 0 Å². The van der Waals surface area contributed by atoms with Gasteiger partial charge in [-0.15, -0.1) is 0 Å². The molecule has 1 aliphatic carbocycles. The van der Waals surface area contributed by atoms with Gasteiger partial charge in [0.05, 0.1) is 6.10 Å². The van der Waals surface area contributed by atoms with E-state index in [-0.39, 0.29) is 23.5 Å². The summed E-state index contributed by atoms with van der Waals surface area (Å²) in [5.74, 6) is -0.599. The number of amides is 1. The fourth-order valence-corrected chi connectivity index (χ4v) is 3.98. The monoisotopic (exact) mass is 468 g/mol. The van der Waals surface area contributed by atoms with E-state index in [9.17, 15) is 14.3 Å². The highest BCUT2D eigenvalue weighted by atomic mass is 19.1. The third kappa shape index (κ3) is 13.2. The van der Waals surface area contributed by atoms with Crippen LogP contribution in [0, 0.1) is 11.7 Å². The predicted molar refractivity (Wildman–Crippen MR) is 126 cm³/mol. The first kappa shape index (κ1) is 28.8. The second-order valence-electron chi connectivity index (χ2n) is 10.4. The standard InChI is InChI=1S/C23H37FN2O3.C2H4O2/c1-22(2,3)29-21(28)26-19-11-9-16(10-12-19)14-23(4,5)25-15-20(27)17-7-6-8-18(24)13-17;1-2(3)4/h6-8,13,16,19-20,25,27H,9-12,14-15H2,1-5H3,(H,26,28);1H3,(H,3,4)/t16?,19?,20-;/m0./s1. The molecule has 4 N–H and O–H groups in total. The fourth-order valence-electron chi connectivity index (χ4n) is 3.98. The van der Waals surface area contributed by atoms with Crippen LogP contribution in [-0.4, -0.2) is 46.0 Å². The summed E-state index contributed by atoms with van der Waals surface area (Å²) in [6.07, 6.45) is 3.92. The lowest BCUT2D eigenvalue weighted by Crippen LogP contribution is -2.45. The minimum atomic E-state index is -0.833. The van der Waals surface area contributed by atoms with Crippen LogP contribution in [0.3, 0.4) is 0 Å². The molecule has 1 fully saturated rings. The van der Waals surface area contributed by atoms with E-state index < -0.39 is 17.7 Å². The van der Waals surface area contributed by atoms with Gasteiger partial charge in [0.1, 0.15) is 11.4 Å². The van der Waals surface area contributed by atoms with Gasteiger partial charge < -0.3 is 25.6 Å². The Hall–Kier alpha value is -2.19. The maximum Gasteiger partial charge on any atom is 0.407 e. The number of carboxylic acids is 1. The van der Waals surface area contributed by atoms with Crippen LogP contribution in [0.2, 0.25) is 0 Å². The largest absolute Gasteiger partial charge is 0.481 e. The van der Waals surface area contributed by atoms with Crippen molar-refractivity contribution in [1.29, 1.82) is 0 Å². The van der Waals surface area contributed by atoms with Gasteiger partial charge in [0, 0.05) is 25.0 Å². The topological polar surface area (TPSA) is 108 Å². The summed E-state index contributed by atoms with van der Waals surface area (Å²) in [6.45, 7) is 11.3. The number of nitrogens with one attached hydrogen (secondary N) is 2. The van der Waals surface area contributed by atoms with Gasteiger partial charge in [-0.3, -0.25) is 4.79 Å². The van der Waals surface area contributed by atoms with E-state index in [1.807, 2.05) is 20.8 Å². The van der Waals surface area contributed by atoms with E-state index in [4.69, 9.17) is 14.6 Å². The average Bonchev–Trinajstić information content (AvgIpc) is 2.65. The SMILES string of the molecule is CC(=O)O.CC(C)(CC1CCC(NC(=O)OC(C)(C)C)CC1)NC[C@H](O)c1cccc(F)c1. The zero-order valence-corrected chi connectivity index (χ0v) is 20.8. The average molecular weight is 469 g/mol. The number of carboxylic acid groups (broad SMARTS) is 1. The van der Waals surface area contributed by atoms with Crippen molar-refractivity contribution in [1.82, 2.24) is 10.6 Å². The highest BCUT2D eigenvalue weighted by molar-refractivity contribution is 5.68. The molecule has 1 atom stereocenters. The molecule has 1 aromatic rings. The van der Waals surface area contributed by atoms with Crippen LogP contribution in [0.25, 0.3) is 0 Å². The number of aliphatic carboxylic acids is 1. The van der Waals surface area contributed by atoms with Crippen molar-refractivity contribution in [2.24, 2.45) is 5.92 Å². The van der Waals surface area contributed by atoms with Crippen molar-refractivity contribution in [3.63, 3.8) is 0 Å². The molecular weight excluding hydrogens is 427 g/mol. The Balaban J connectivity index is 0.00000125. The van der Waals surface area contributed by atoms with Gasteiger partial charge in [0.15, 0.2) is 0 Å². The van der Waals surface area contributed by atoms with Crippen molar-refractivity contribution in [2.45, 2.75) is 96.9 Å². The van der Waals surface area contributed by atoms with Crippen molar-refractivity contribution >= 4 is 12.1 Å². The second-order valence-corrected chi connectivity index (χ2v) is 10.4. The first-order valence-electron chi connectivity index (χ1n) is 11.5. The fraction of sp³-hybridized carbons (Fsp3) is 0.680. The summed E-state index contributed by atoms with van der Waals surface area (Å²) < 4.78 is 18.7. The van der Waals surface area contributed by atoms with E-state index in [1.165, 1.54) is 12.1 Å². The number of β-amino-alcohol motifs (C(OH)–C–C–N with tert-alkyl or cyclic N) is 1. The minimum Gasteiger partial charge on any atom is -0.481 e. The molecule has 0 bridgehead atoms. The number of benzene rings is 1. The number of aliphatic hydroxyl groups excluding tert-OH is 1. The quantitative estimate of drug-likeness (QED) is 0.458. The molecule has 0 radical (unpaired) electrons. The van der Waals surface area contributed by atoms with Crippen molar-refractivity contribution in [2.75, 3.05) is 6.54 Å². The van der Waals surface area contributed by atoms with E-state index in [0.29, 0.717) is 18.0 Å². The lowest BCUT2D eigenvalue weighted by molar-refractivity contribution is -0.134. The van der Waals surface area contributed by atoms with Crippen LogP contribution in [0.1, 0.15) is 85.3 Å². The highest BCUT2D eigenvalue weighted by Crippen LogP contribution is 2.31. The molecule has 1 saturated carbocycles. The lowest BCUT2D eigenvalue weighted by atomic mass is 9.79. The number of rotatable bonds is 7. The first-order valence-corrected chi connectivity index (χ1v) is 11.5. The number of halogens is 1. The number of aliphatic hydroxyl groups is 1. The Bertz CT molecular complexity index is 751. The Morgan fingerprint density at radius 1 is 1.15 bits per heavy atom. The number of hydrogen-bond acceptors (Lipinski definition) is 5. The van der Waals surface area contributed by atoms with Crippen molar-refractivity contribution in [3.05, 3.63) is 35.6 Å². The molecule has 1 amide bonds. The zero-order valence-electron chi connectivity index (χ0n) is 20.8. The van der Waals surface area contributed by atoms with Crippen LogP contribution in [0.15, 0.2) is 24.3 Å². The molecule has 2 rings (SSSR count). The maximum absolute atomic E-state index is 13.3. The van der Waals surface area contributed by atoms with E-state index in [2.05, 4.69) is 24.5 Å². The summed E-state index contributed by atoms with van der Waals surface area (Å²) in [6, 6.07) is 6.27. The van der Waals surface area contributed by atoms with Gasteiger partial charge >= 0.3 is 6.09 Å². The molecule has 8 heteroatoms. The normalized spacial score (nSPS) is 19.6. The molecular formula is C25H41FN2O5. The second kappa shape index (κ2) is 12.9. The Morgan fingerprint density at radius 3 is 2.24 bits per heavy atom. The van der Waals surface area contributed by atoms with Crippen LogP contribution in [-0.2, 0) is 9.53 Å². The molecule has 0 saturated heterocycles. The van der Waals surface area contributed by atoms with Crippen molar-refractivity contribution in [3.8, 4) is 0 Å². The Morgan fingerprint density at radius 2 is 1.73 bits per heavy atom. The number of carbonyl (C=O) groups is 2. The summed E-state index contributed by atoms with van der Waals surface area (Å²) in [7, 11) is 0. The van der Waals surface area contributed by atoms with Crippen LogP contribution in [0.4, 0.5) is 9.18 Å². The molecule has 0 spiro atoms. The predicted octanol–water partition coefficient (Wildman–Crippen LogP) is 4.79. The molecule has 0 aliphatic heterocycles. The smallest absolute Gasteiger partial charge is 0.407 e. The van der Waals surface area contributed by atoms with Gasteiger partial charge in [0.25, 0.3) is 5.97 Å². The first-order chi connectivity index (χ1) is 15.2. The molecule has 0 unspecified atom stereocenters. The van der Waals surface area contributed by atoms with E-state index >= 15 is 0 Å². The summed E-state index contributed by atoms with van der Waals surface area (Å²) in [5, 5.41) is 24.2. The Labute approximate surface area is 197 Å². The third-order valence-corrected chi connectivity index (χ3v) is 5.37. The number of alkyl carbamates (subject to hydrolysis) is 1. The molecule has 1 aliphatic rings. The molecule has 188 valence electrons. The molecule has 7 nitrogen and oxygen atoms in total. The van der Waals surface area contributed by atoms with E-state index in [0.717, 1.165) is 39.0 Å². The van der Waals surface area contributed by atoms with E-state index in [1.54, 1.807) is 12.1 Å². The van der Waals surface area contributed by atoms with Gasteiger partial charge in [-0.1, -0.05) is 12.1 Å². The number of ether oxygens (including phenoxy) is 1. The zero-order chi connectivity index (χ0) is 25.2. The number of hydrogen-bond donors (Lipinski definition) is 4.